The Morgan fingerprint density at radius 3 is 2.88 bits per heavy atom. The fourth-order valence-corrected chi connectivity index (χ4v) is 2.33. The molecule has 3 heteroatoms. The summed E-state index contributed by atoms with van der Waals surface area (Å²) in [6.45, 7) is 2.00. The van der Waals surface area contributed by atoms with Crippen LogP contribution in [0.5, 0.6) is 0 Å². The molecule has 0 amide bonds. The maximum atomic E-state index is 13.0. The Morgan fingerprint density at radius 2 is 2.25 bits per heavy atom. The minimum Gasteiger partial charge on any atom is -0.392 e. The third-order valence-corrected chi connectivity index (χ3v) is 3.29. The number of benzene rings is 1. The Hall–Kier alpha value is -0.930. The van der Waals surface area contributed by atoms with E-state index in [2.05, 4.69) is 5.32 Å². The molecule has 1 aliphatic carbocycles. The maximum Gasteiger partial charge on any atom is 0.123 e. The molecule has 0 aliphatic heterocycles. The summed E-state index contributed by atoms with van der Waals surface area (Å²) in [4.78, 5) is 0. The molecule has 1 aromatic rings. The van der Waals surface area contributed by atoms with Crippen molar-refractivity contribution in [2.45, 2.75) is 44.4 Å². The lowest BCUT2D eigenvalue weighted by atomic mass is 10.1. The zero-order valence-electron chi connectivity index (χ0n) is 9.49. The van der Waals surface area contributed by atoms with Gasteiger partial charge < -0.3 is 10.4 Å². The lowest BCUT2D eigenvalue weighted by Gasteiger charge is -2.22. The topological polar surface area (TPSA) is 32.3 Å². The fourth-order valence-electron chi connectivity index (χ4n) is 2.33. The molecular weight excluding hydrogens is 205 g/mol. The number of aliphatic hydroxyl groups excluding tert-OH is 1. The second-order valence-corrected chi connectivity index (χ2v) is 4.55. The van der Waals surface area contributed by atoms with E-state index in [1.807, 2.05) is 13.0 Å². The van der Waals surface area contributed by atoms with E-state index in [1.165, 1.54) is 6.07 Å². The molecule has 16 heavy (non-hydrogen) atoms. The van der Waals surface area contributed by atoms with Crippen LogP contribution in [0, 0.1) is 5.82 Å². The molecule has 0 spiro atoms. The molecule has 0 saturated heterocycles. The molecule has 0 heterocycles. The summed E-state index contributed by atoms with van der Waals surface area (Å²) in [5.41, 5.74) is 0.930. The van der Waals surface area contributed by atoms with Crippen molar-refractivity contribution in [2.24, 2.45) is 0 Å². The van der Waals surface area contributed by atoms with Gasteiger partial charge in [0.05, 0.1) is 6.10 Å². The van der Waals surface area contributed by atoms with Gasteiger partial charge in [-0.2, -0.15) is 0 Å². The molecule has 0 unspecified atom stereocenters. The summed E-state index contributed by atoms with van der Waals surface area (Å²) in [6, 6.07) is 6.84. The molecule has 2 N–H and O–H groups in total. The van der Waals surface area contributed by atoms with Crippen molar-refractivity contribution in [1.82, 2.24) is 5.32 Å². The van der Waals surface area contributed by atoms with Crippen LogP contribution in [0.2, 0.25) is 0 Å². The quantitative estimate of drug-likeness (QED) is 0.824. The lowest BCUT2D eigenvalue weighted by Crippen LogP contribution is -2.37. The van der Waals surface area contributed by atoms with Crippen LogP contribution in [0.4, 0.5) is 4.39 Å². The summed E-state index contributed by atoms with van der Waals surface area (Å²) in [5, 5.41) is 13.1. The second kappa shape index (κ2) is 4.93. The van der Waals surface area contributed by atoms with Gasteiger partial charge in [0, 0.05) is 12.1 Å². The Morgan fingerprint density at radius 1 is 1.44 bits per heavy atom. The lowest BCUT2D eigenvalue weighted by molar-refractivity contribution is 0.144. The van der Waals surface area contributed by atoms with E-state index >= 15 is 0 Å². The molecule has 3 atom stereocenters. The average molecular weight is 223 g/mol. The monoisotopic (exact) mass is 223 g/mol. The first-order chi connectivity index (χ1) is 7.66. The fraction of sp³-hybridized carbons (Fsp3) is 0.538. The minimum absolute atomic E-state index is 0.0773. The standard InChI is InChI=1S/C13H18FNO/c1-9(10-4-2-5-11(14)8-10)15-12-6-3-7-13(12)16/h2,4-5,8-9,12-13,15-16H,3,6-7H2,1H3/t9-,12+,13+/m0/s1. The molecule has 1 aromatic carbocycles. The second-order valence-electron chi connectivity index (χ2n) is 4.55. The van der Waals surface area contributed by atoms with Crippen LogP contribution in [0.3, 0.4) is 0 Å². The van der Waals surface area contributed by atoms with Gasteiger partial charge in [0.25, 0.3) is 0 Å². The van der Waals surface area contributed by atoms with Crippen molar-refractivity contribution in [3.63, 3.8) is 0 Å². The molecule has 0 bridgehead atoms. The smallest absolute Gasteiger partial charge is 0.123 e. The van der Waals surface area contributed by atoms with E-state index in [4.69, 9.17) is 0 Å². The minimum atomic E-state index is -0.254. The predicted molar refractivity (Wildman–Crippen MR) is 61.6 cm³/mol. The van der Waals surface area contributed by atoms with Crippen LogP contribution < -0.4 is 5.32 Å². The van der Waals surface area contributed by atoms with Crippen LogP contribution in [0.1, 0.15) is 37.8 Å². The third-order valence-electron chi connectivity index (χ3n) is 3.29. The van der Waals surface area contributed by atoms with Crippen molar-refractivity contribution in [2.75, 3.05) is 0 Å². The van der Waals surface area contributed by atoms with Gasteiger partial charge in [-0.1, -0.05) is 12.1 Å². The largest absolute Gasteiger partial charge is 0.392 e. The first-order valence-corrected chi connectivity index (χ1v) is 5.86. The summed E-state index contributed by atoms with van der Waals surface area (Å²) in [5.74, 6) is -0.210. The number of halogens is 1. The van der Waals surface area contributed by atoms with Gasteiger partial charge in [0.2, 0.25) is 0 Å². The number of nitrogens with one attached hydrogen (secondary N) is 1. The molecule has 1 fully saturated rings. The van der Waals surface area contributed by atoms with Gasteiger partial charge in [0.15, 0.2) is 0 Å². The highest BCUT2D eigenvalue weighted by Gasteiger charge is 2.26. The van der Waals surface area contributed by atoms with E-state index in [1.54, 1.807) is 12.1 Å². The summed E-state index contributed by atoms with van der Waals surface area (Å²) in [7, 11) is 0. The molecule has 0 aromatic heterocycles. The Labute approximate surface area is 95.5 Å². The van der Waals surface area contributed by atoms with Crippen molar-refractivity contribution >= 4 is 0 Å². The molecule has 2 rings (SSSR count). The van der Waals surface area contributed by atoms with Crippen LogP contribution in [0.15, 0.2) is 24.3 Å². The molecular formula is C13H18FNO. The van der Waals surface area contributed by atoms with E-state index in [-0.39, 0.29) is 24.0 Å². The highest BCUT2D eigenvalue weighted by atomic mass is 19.1. The number of rotatable bonds is 3. The van der Waals surface area contributed by atoms with E-state index in [0.717, 1.165) is 24.8 Å². The van der Waals surface area contributed by atoms with E-state index < -0.39 is 0 Å². The SMILES string of the molecule is C[C@H](N[C@@H]1CCC[C@H]1O)c1cccc(F)c1. The zero-order chi connectivity index (χ0) is 11.5. The molecule has 2 nitrogen and oxygen atoms in total. The number of aliphatic hydroxyl groups is 1. The average Bonchev–Trinajstić information content (AvgIpc) is 2.64. The Balaban J connectivity index is 1.99. The molecule has 88 valence electrons. The van der Waals surface area contributed by atoms with Crippen LogP contribution in [0.25, 0.3) is 0 Å². The highest BCUT2D eigenvalue weighted by molar-refractivity contribution is 5.19. The first kappa shape index (κ1) is 11.6. The van der Waals surface area contributed by atoms with Gasteiger partial charge in [-0.25, -0.2) is 4.39 Å². The van der Waals surface area contributed by atoms with Crippen molar-refractivity contribution in [3.05, 3.63) is 35.6 Å². The number of hydrogen-bond donors (Lipinski definition) is 2. The van der Waals surface area contributed by atoms with Gasteiger partial charge in [-0.15, -0.1) is 0 Å². The first-order valence-electron chi connectivity index (χ1n) is 5.86. The van der Waals surface area contributed by atoms with Gasteiger partial charge in [-0.05, 0) is 43.9 Å². The summed E-state index contributed by atoms with van der Waals surface area (Å²) in [6.07, 6.45) is 2.68. The van der Waals surface area contributed by atoms with Crippen LogP contribution >= 0.6 is 0 Å². The highest BCUT2D eigenvalue weighted by Crippen LogP contribution is 2.22. The van der Waals surface area contributed by atoms with E-state index in [9.17, 15) is 9.50 Å². The van der Waals surface area contributed by atoms with Gasteiger partial charge >= 0.3 is 0 Å². The van der Waals surface area contributed by atoms with Crippen LogP contribution in [-0.2, 0) is 0 Å². The van der Waals surface area contributed by atoms with Gasteiger partial charge in [-0.3, -0.25) is 0 Å². The predicted octanol–water partition coefficient (Wildman–Crippen LogP) is 2.39. The molecule has 0 radical (unpaired) electrons. The number of hydrogen-bond acceptors (Lipinski definition) is 2. The van der Waals surface area contributed by atoms with Crippen molar-refractivity contribution in [3.8, 4) is 0 Å². The van der Waals surface area contributed by atoms with Crippen LogP contribution in [-0.4, -0.2) is 17.3 Å². The van der Waals surface area contributed by atoms with Crippen molar-refractivity contribution < 1.29 is 9.50 Å². The Bertz CT molecular complexity index is 356. The van der Waals surface area contributed by atoms with E-state index in [0.29, 0.717) is 0 Å². The maximum absolute atomic E-state index is 13.0. The summed E-state index contributed by atoms with van der Waals surface area (Å²) >= 11 is 0. The zero-order valence-corrected chi connectivity index (χ0v) is 9.49. The van der Waals surface area contributed by atoms with Gasteiger partial charge in [0.1, 0.15) is 5.82 Å². The third kappa shape index (κ3) is 2.60. The van der Waals surface area contributed by atoms with Crippen molar-refractivity contribution in [1.29, 1.82) is 0 Å². The Kier molecular flexibility index (Phi) is 3.56. The molecule has 1 aliphatic rings. The normalized spacial score (nSPS) is 26.9. The molecule has 1 saturated carbocycles. The summed E-state index contributed by atoms with van der Waals surface area (Å²) < 4.78 is 13.0.